The van der Waals surface area contributed by atoms with Gasteiger partial charge in [0.05, 0.1) is 0 Å². The van der Waals surface area contributed by atoms with Gasteiger partial charge in [0.2, 0.25) is 0 Å². The molecule has 1 nitrogen and oxygen atoms in total. The number of thiol groups is 1. The maximum absolute atomic E-state index is 7.18. The fourth-order valence-corrected chi connectivity index (χ4v) is 0. The third-order valence-electron chi connectivity index (χ3n) is 0. The van der Waals surface area contributed by atoms with Crippen LogP contribution in [0, 0.1) is 10.7 Å². The summed E-state index contributed by atoms with van der Waals surface area (Å²) >= 11 is 3.09. The molecule has 0 atom stereocenters. The van der Waals surface area contributed by atoms with Crippen LogP contribution in [0.25, 0.3) is 0 Å². The van der Waals surface area contributed by atoms with E-state index in [9.17, 15) is 0 Å². The van der Waals surface area contributed by atoms with Gasteiger partial charge in [0.25, 0.3) is 0 Å². The van der Waals surface area contributed by atoms with Crippen molar-refractivity contribution in [3.8, 4) is 5.40 Å². The fourth-order valence-electron chi connectivity index (χ4n) is 0. The van der Waals surface area contributed by atoms with Gasteiger partial charge in [-0.3, -0.25) is 0 Å². The predicted molar refractivity (Wildman–Crippen MR) is 23.1 cm³/mol. The zero-order valence-electron chi connectivity index (χ0n) is 2.10. The van der Waals surface area contributed by atoms with Gasteiger partial charge in [-0.05, 0) is 0 Å². The molecular formula is CH3NPbS. The van der Waals surface area contributed by atoms with E-state index in [1.165, 1.54) is 5.40 Å². The molecule has 3 heteroatoms. The summed E-state index contributed by atoms with van der Waals surface area (Å²) in [5, 5.41) is 8.63. The van der Waals surface area contributed by atoms with Gasteiger partial charge in [0.1, 0.15) is 5.40 Å². The van der Waals surface area contributed by atoms with Crippen LogP contribution < -0.4 is 0 Å². The van der Waals surface area contributed by atoms with Crippen molar-refractivity contribution in [2.45, 2.75) is 0 Å². The number of hydrogen-bond donors (Lipinski definition) is 1. The minimum absolute atomic E-state index is 0. The van der Waals surface area contributed by atoms with E-state index in [0.717, 1.165) is 0 Å². The van der Waals surface area contributed by atoms with Crippen LogP contribution in [-0.4, -0.2) is 27.3 Å². The number of hydrogen-bond acceptors (Lipinski definition) is 2. The molecule has 0 N–H and O–H groups in total. The minimum atomic E-state index is 0. The molecule has 0 spiro atoms. The standard InChI is InChI=1S/CHNS.Pb.2H/c2-1-3;;;/h3H;;;. The molecule has 0 bridgehead atoms. The zero-order chi connectivity index (χ0) is 2.71. The molecule has 0 aromatic heterocycles. The molecule has 0 amide bonds. The Bertz CT molecular complexity index is 29.5. The number of nitrogens with zero attached hydrogens (tertiary/aromatic N) is 1. The Morgan fingerprint density at radius 2 is 1.75 bits per heavy atom. The first kappa shape index (κ1) is 8.83. The third kappa shape index (κ3) is 14.8. The van der Waals surface area contributed by atoms with E-state index in [0.29, 0.717) is 0 Å². The Morgan fingerprint density at radius 3 is 1.75 bits per heavy atom. The van der Waals surface area contributed by atoms with Crippen LogP contribution in [0.1, 0.15) is 0 Å². The van der Waals surface area contributed by atoms with Crippen molar-refractivity contribution in [2.75, 3.05) is 0 Å². The summed E-state index contributed by atoms with van der Waals surface area (Å²) in [5.74, 6) is 0. The Kier molecular flexibility index (Phi) is 20.4. The van der Waals surface area contributed by atoms with Gasteiger partial charge in [0, 0.05) is 0 Å². The van der Waals surface area contributed by atoms with Gasteiger partial charge in [-0.25, -0.2) is 0 Å². The van der Waals surface area contributed by atoms with Crippen molar-refractivity contribution < 1.29 is 0 Å². The van der Waals surface area contributed by atoms with Gasteiger partial charge in [-0.1, -0.05) is 12.6 Å². The summed E-state index contributed by atoms with van der Waals surface area (Å²) in [6, 6.07) is 0. The molecule has 0 unspecified atom stereocenters. The van der Waals surface area contributed by atoms with Gasteiger partial charge in [-0.2, -0.15) is 5.26 Å². The van der Waals surface area contributed by atoms with E-state index in [1.807, 2.05) is 0 Å². The molecule has 0 saturated carbocycles. The van der Waals surface area contributed by atoms with Crippen molar-refractivity contribution >= 4 is 39.9 Å². The molecule has 0 heterocycles. The second kappa shape index (κ2) is 9.24. The van der Waals surface area contributed by atoms with Crippen LogP contribution in [-0.2, 0) is 0 Å². The van der Waals surface area contributed by atoms with Crippen molar-refractivity contribution in [1.29, 1.82) is 5.26 Å². The van der Waals surface area contributed by atoms with Crippen LogP contribution >= 0.6 is 12.6 Å². The average molecular weight is 268 g/mol. The Balaban J connectivity index is 0. The first-order valence-electron chi connectivity index (χ1n) is 0.447. The SMILES string of the molecule is N#CS.[PbH2]. The van der Waals surface area contributed by atoms with Crippen molar-refractivity contribution in [3.05, 3.63) is 0 Å². The second-order valence-corrected chi connectivity index (χ2v) is 0.300. The zero-order valence-corrected chi connectivity index (χ0v) is 8.49. The molecule has 4 heavy (non-hydrogen) atoms. The molecule has 0 saturated heterocycles. The topological polar surface area (TPSA) is 23.8 Å². The van der Waals surface area contributed by atoms with Crippen molar-refractivity contribution in [3.63, 3.8) is 0 Å². The van der Waals surface area contributed by atoms with E-state index in [4.69, 9.17) is 5.26 Å². The number of rotatable bonds is 0. The molecule has 0 aliphatic rings. The summed E-state index contributed by atoms with van der Waals surface area (Å²) in [6.45, 7) is 0. The second-order valence-electron chi connectivity index (χ2n) is 0.100. The van der Waals surface area contributed by atoms with Gasteiger partial charge in [-0.15, -0.1) is 0 Å². The van der Waals surface area contributed by atoms with E-state index < -0.39 is 0 Å². The summed E-state index contributed by atoms with van der Waals surface area (Å²) in [4.78, 5) is 0. The number of thiocyanates is 1. The van der Waals surface area contributed by atoms with Crippen LogP contribution in [0.3, 0.4) is 0 Å². The Morgan fingerprint density at radius 1 is 1.75 bits per heavy atom. The van der Waals surface area contributed by atoms with Gasteiger partial charge < -0.3 is 0 Å². The van der Waals surface area contributed by atoms with Crippen molar-refractivity contribution in [1.82, 2.24) is 0 Å². The predicted octanol–water partition coefficient (Wildman–Crippen LogP) is -0.519. The molecule has 0 aliphatic carbocycles. The average Bonchev–Trinajstić information content (AvgIpc) is 0.918. The molecule has 22 valence electrons. The molecule has 0 fully saturated rings. The summed E-state index contributed by atoms with van der Waals surface area (Å²) in [6.07, 6.45) is 0. The molecular weight excluding hydrogens is 265 g/mol. The molecule has 0 aliphatic heterocycles. The van der Waals surface area contributed by atoms with Crippen LogP contribution in [0.5, 0.6) is 0 Å². The number of nitriles is 1. The quantitative estimate of drug-likeness (QED) is 0.357. The normalized spacial score (nSPS) is 2.00. The molecule has 0 aromatic rings. The van der Waals surface area contributed by atoms with E-state index in [2.05, 4.69) is 12.6 Å². The molecule has 2 radical (unpaired) electrons. The summed E-state index contributed by atoms with van der Waals surface area (Å²) in [7, 11) is 0. The van der Waals surface area contributed by atoms with Crippen molar-refractivity contribution in [2.24, 2.45) is 0 Å². The Hall–Kier alpha value is 0.762. The van der Waals surface area contributed by atoms with E-state index >= 15 is 0 Å². The fraction of sp³-hybridized carbons (Fsp3) is 0. The summed E-state index contributed by atoms with van der Waals surface area (Å²) < 4.78 is 0. The first-order valence-corrected chi connectivity index (χ1v) is 0.894. The molecule has 0 rings (SSSR count). The third-order valence-corrected chi connectivity index (χ3v) is 0. The van der Waals surface area contributed by atoms with Gasteiger partial charge >= 0.3 is 27.3 Å². The first-order chi connectivity index (χ1) is 1.41. The van der Waals surface area contributed by atoms with Gasteiger partial charge in [0.15, 0.2) is 0 Å². The summed E-state index contributed by atoms with van der Waals surface area (Å²) in [5.41, 5.74) is 0. The van der Waals surface area contributed by atoms with Crippen LogP contribution in [0.15, 0.2) is 0 Å². The molecule has 0 aromatic carbocycles. The van der Waals surface area contributed by atoms with E-state index in [-0.39, 0.29) is 27.3 Å². The van der Waals surface area contributed by atoms with Crippen LogP contribution in [0.2, 0.25) is 0 Å². The van der Waals surface area contributed by atoms with E-state index in [1.54, 1.807) is 0 Å². The monoisotopic (exact) mass is 269 g/mol. The van der Waals surface area contributed by atoms with Crippen LogP contribution in [0.4, 0.5) is 0 Å². The maximum atomic E-state index is 7.18. The Labute approximate surface area is 50.6 Å².